The summed E-state index contributed by atoms with van der Waals surface area (Å²) in [4.78, 5) is 1.72. The van der Waals surface area contributed by atoms with Crippen molar-refractivity contribution in [3.05, 3.63) is 30.3 Å². The standard InChI is InChI=1S/C16H23BrN4/c17-13-9-4-2-1-3-5-10-14-21-19-16(18-20-21)15-11-7-6-8-12-15/h6-8,11-12H,1-5,9-10,13-14H2. The third-order valence-corrected chi connectivity index (χ3v) is 4.04. The van der Waals surface area contributed by atoms with Crippen LogP contribution in [0, 0.1) is 0 Å². The first kappa shape index (κ1) is 16.1. The highest BCUT2D eigenvalue weighted by atomic mass is 79.9. The van der Waals surface area contributed by atoms with Crippen LogP contribution in [-0.4, -0.2) is 25.5 Å². The molecule has 114 valence electrons. The molecule has 1 aromatic carbocycles. The van der Waals surface area contributed by atoms with Crippen LogP contribution in [0.3, 0.4) is 0 Å². The van der Waals surface area contributed by atoms with E-state index in [9.17, 15) is 0 Å². The number of halogens is 1. The van der Waals surface area contributed by atoms with E-state index in [1.807, 2.05) is 30.3 Å². The topological polar surface area (TPSA) is 43.6 Å². The maximum Gasteiger partial charge on any atom is 0.204 e. The molecule has 0 atom stereocenters. The van der Waals surface area contributed by atoms with E-state index >= 15 is 0 Å². The van der Waals surface area contributed by atoms with Gasteiger partial charge in [0.2, 0.25) is 5.82 Å². The van der Waals surface area contributed by atoms with Gasteiger partial charge < -0.3 is 0 Å². The fraction of sp³-hybridized carbons (Fsp3) is 0.562. The average Bonchev–Trinajstić information content (AvgIpc) is 3.00. The van der Waals surface area contributed by atoms with Gasteiger partial charge in [-0.05, 0) is 18.1 Å². The molecule has 0 saturated heterocycles. The Bertz CT molecular complexity index is 498. The zero-order valence-electron chi connectivity index (χ0n) is 12.4. The second kappa shape index (κ2) is 9.66. The lowest BCUT2D eigenvalue weighted by Gasteiger charge is -2.01. The molecule has 0 aliphatic rings. The van der Waals surface area contributed by atoms with E-state index in [4.69, 9.17) is 0 Å². The summed E-state index contributed by atoms with van der Waals surface area (Å²) >= 11 is 3.47. The third kappa shape index (κ3) is 5.96. The van der Waals surface area contributed by atoms with Crippen molar-refractivity contribution in [2.75, 3.05) is 5.33 Å². The van der Waals surface area contributed by atoms with Gasteiger partial charge in [0.05, 0.1) is 6.54 Å². The first-order valence-electron chi connectivity index (χ1n) is 7.79. The zero-order valence-corrected chi connectivity index (χ0v) is 14.0. The summed E-state index contributed by atoms with van der Waals surface area (Å²) in [5, 5.41) is 13.8. The summed E-state index contributed by atoms with van der Waals surface area (Å²) in [7, 11) is 0. The van der Waals surface area contributed by atoms with Gasteiger partial charge in [-0.25, -0.2) is 0 Å². The van der Waals surface area contributed by atoms with Crippen LogP contribution in [0.2, 0.25) is 0 Å². The van der Waals surface area contributed by atoms with Crippen LogP contribution in [0.5, 0.6) is 0 Å². The van der Waals surface area contributed by atoms with Crippen LogP contribution in [0.15, 0.2) is 30.3 Å². The van der Waals surface area contributed by atoms with Crippen molar-refractivity contribution in [3.8, 4) is 11.4 Å². The molecule has 0 amide bonds. The molecule has 1 heterocycles. The minimum Gasteiger partial charge on any atom is -0.164 e. The smallest absolute Gasteiger partial charge is 0.164 e. The van der Waals surface area contributed by atoms with Crippen molar-refractivity contribution in [1.29, 1.82) is 0 Å². The van der Waals surface area contributed by atoms with Gasteiger partial charge >= 0.3 is 0 Å². The first-order chi connectivity index (χ1) is 10.4. The van der Waals surface area contributed by atoms with Crippen LogP contribution in [0.1, 0.15) is 44.9 Å². The Labute approximate surface area is 135 Å². The van der Waals surface area contributed by atoms with Crippen LogP contribution in [0.4, 0.5) is 0 Å². The zero-order chi connectivity index (χ0) is 14.8. The fourth-order valence-corrected chi connectivity index (χ4v) is 2.67. The highest BCUT2D eigenvalue weighted by molar-refractivity contribution is 9.09. The lowest BCUT2D eigenvalue weighted by atomic mass is 10.1. The largest absolute Gasteiger partial charge is 0.204 e. The number of rotatable bonds is 10. The molecule has 0 aliphatic carbocycles. The average molecular weight is 351 g/mol. The van der Waals surface area contributed by atoms with E-state index in [2.05, 4.69) is 31.3 Å². The van der Waals surface area contributed by atoms with E-state index < -0.39 is 0 Å². The Morgan fingerprint density at radius 3 is 2.24 bits per heavy atom. The van der Waals surface area contributed by atoms with Crippen molar-refractivity contribution in [3.63, 3.8) is 0 Å². The van der Waals surface area contributed by atoms with Gasteiger partial charge in [0.1, 0.15) is 0 Å². The summed E-state index contributed by atoms with van der Waals surface area (Å²) in [6.45, 7) is 0.862. The molecule has 0 bridgehead atoms. The molecule has 4 nitrogen and oxygen atoms in total. The number of aromatic nitrogens is 4. The molecule has 2 rings (SSSR count). The Kier molecular flexibility index (Phi) is 7.43. The minimum atomic E-state index is 0.713. The Morgan fingerprint density at radius 2 is 1.52 bits per heavy atom. The highest BCUT2D eigenvalue weighted by Gasteiger charge is 2.04. The van der Waals surface area contributed by atoms with Crippen molar-refractivity contribution < 1.29 is 0 Å². The quantitative estimate of drug-likeness (QED) is 0.469. The van der Waals surface area contributed by atoms with Crippen LogP contribution in [0.25, 0.3) is 11.4 Å². The summed E-state index contributed by atoms with van der Waals surface area (Å²) in [6, 6.07) is 9.99. The Hall–Kier alpha value is -1.23. The first-order valence-corrected chi connectivity index (χ1v) is 8.91. The monoisotopic (exact) mass is 350 g/mol. The molecule has 0 radical (unpaired) electrons. The minimum absolute atomic E-state index is 0.713. The number of hydrogen-bond donors (Lipinski definition) is 0. The molecule has 0 N–H and O–H groups in total. The Balaban J connectivity index is 1.63. The van der Waals surface area contributed by atoms with Crippen molar-refractivity contribution in [2.24, 2.45) is 0 Å². The van der Waals surface area contributed by atoms with E-state index in [1.165, 1.54) is 38.5 Å². The van der Waals surface area contributed by atoms with Crippen molar-refractivity contribution in [2.45, 2.75) is 51.5 Å². The number of hydrogen-bond acceptors (Lipinski definition) is 3. The van der Waals surface area contributed by atoms with Gasteiger partial charge in [0.15, 0.2) is 0 Å². The summed E-state index contributed by atoms with van der Waals surface area (Å²) < 4.78 is 0. The van der Waals surface area contributed by atoms with Crippen LogP contribution >= 0.6 is 15.9 Å². The van der Waals surface area contributed by atoms with Gasteiger partial charge in [-0.1, -0.05) is 78.4 Å². The molecular formula is C16H23BrN4. The lowest BCUT2D eigenvalue weighted by molar-refractivity contribution is 0.473. The molecule has 0 unspecified atom stereocenters. The number of tetrazole rings is 1. The van der Waals surface area contributed by atoms with Crippen molar-refractivity contribution >= 4 is 15.9 Å². The van der Waals surface area contributed by atoms with Crippen LogP contribution < -0.4 is 0 Å². The van der Waals surface area contributed by atoms with Gasteiger partial charge in [0.25, 0.3) is 0 Å². The van der Waals surface area contributed by atoms with E-state index in [0.717, 1.165) is 23.9 Å². The second-order valence-electron chi connectivity index (χ2n) is 5.24. The van der Waals surface area contributed by atoms with Crippen molar-refractivity contribution in [1.82, 2.24) is 20.2 Å². The normalized spacial score (nSPS) is 10.9. The number of alkyl halides is 1. The summed E-state index contributed by atoms with van der Waals surface area (Å²) in [5.41, 5.74) is 1.02. The third-order valence-electron chi connectivity index (χ3n) is 3.48. The Morgan fingerprint density at radius 1 is 0.857 bits per heavy atom. The second-order valence-corrected chi connectivity index (χ2v) is 6.03. The molecule has 0 saturated carbocycles. The summed E-state index contributed by atoms with van der Waals surface area (Å²) in [5.74, 6) is 0.713. The molecular weight excluding hydrogens is 328 g/mol. The predicted molar refractivity (Wildman–Crippen MR) is 89.4 cm³/mol. The number of unbranched alkanes of at least 4 members (excludes halogenated alkanes) is 6. The molecule has 0 spiro atoms. The highest BCUT2D eigenvalue weighted by Crippen LogP contribution is 2.12. The van der Waals surface area contributed by atoms with E-state index in [0.29, 0.717) is 5.82 Å². The fourth-order valence-electron chi connectivity index (χ4n) is 2.27. The maximum atomic E-state index is 4.43. The number of benzene rings is 1. The van der Waals surface area contributed by atoms with E-state index in [1.54, 1.807) is 4.80 Å². The lowest BCUT2D eigenvalue weighted by Crippen LogP contribution is -2.02. The molecule has 0 fully saturated rings. The van der Waals surface area contributed by atoms with Gasteiger partial charge in [0, 0.05) is 10.9 Å². The van der Waals surface area contributed by atoms with Gasteiger partial charge in [-0.3, -0.25) is 0 Å². The maximum absolute atomic E-state index is 4.43. The predicted octanol–water partition coefficient (Wildman–Crippen LogP) is 4.47. The number of aryl methyl sites for hydroxylation is 1. The molecule has 1 aromatic heterocycles. The SMILES string of the molecule is BrCCCCCCCCCn1nnc(-c2ccccc2)n1. The van der Waals surface area contributed by atoms with E-state index in [-0.39, 0.29) is 0 Å². The number of nitrogens with zero attached hydrogens (tertiary/aromatic N) is 4. The molecule has 21 heavy (non-hydrogen) atoms. The van der Waals surface area contributed by atoms with Gasteiger partial charge in [-0.15, -0.1) is 10.2 Å². The molecule has 0 aliphatic heterocycles. The summed E-state index contributed by atoms with van der Waals surface area (Å²) in [6.07, 6.45) is 9.02. The van der Waals surface area contributed by atoms with Crippen LogP contribution in [-0.2, 0) is 6.54 Å². The molecule has 5 heteroatoms. The van der Waals surface area contributed by atoms with Gasteiger partial charge in [-0.2, -0.15) is 4.80 Å². The molecule has 2 aromatic rings.